The molecule has 0 heterocycles. The number of ketones is 2. The van der Waals surface area contributed by atoms with Gasteiger partial charge in [0.05, 0.1) is 0 Å². The SMILES string of the molecule is C[C@]12CC[C@H]3[C@@H](CCC4=CC(=O)C(O)C[C@@]43C)[C@@H]1CC[C@@H]2C(=O)CO. The lowest BCUT2D eigenvalue weighted by Gasteiger charge is -2.58. The highest BCUT2D eigenvalue weighted by atomic mass is 16.3. The van der Waals surface area contributed by atoms with Gasteiger partial charge in [-0.25, -0.2) is 0 Å². The molecule has 0 saturated heterocycles. The van der Waals surface area contributed by atoms with E-state index >= 15 is 0 Å². The first kappa shape index (κ1) is 17.4. The summed E-state index contributed by atoms with van der Waals surface area (Å²) >= 11 is 0. The Bertz CT molecular complexity index is 638. The van der Waals surface area contributed by atoms with E-state index in [0.717, 1.165) is 38.5 Å². The Morgan fingerprint density at radius 3 is 2.68 bits per heavy atom. The van der Waals surface area contributed by atoms with Crippen molar-refractivity contribution in [2.45, 2.75) is 64.9 Å². The summed E-state index contributed by atoms with van der Waals surface area (Å²) in [7, 11) is 0. The average Bonchev–Trinajstić information content (AvgIpc) is 2.93. The fraction of sp³-hybridized carbons (Fsp3) is 0.810. The summed E-state index contributed by atoms with van der Waals surface area (Å²) in [5.74, 6) is 1.49. The van der Waals surface area contributed by atoms with Gasteiger partial charge in [0.1, 0.15) is 12.7 Å². The smallest absolute Gasteiger partial charge is 0.184 e. The molecule has 4 rings (SSSR count). The van der Waals surface area contributed by atoms with Crippen molar-refractivity contribution in [3.8, 4) is 0 Å². The molecule has 25 heavy (non-hydrogen) atoms. The summed E-state index contributed by atoms with van der Waals surface area (Å²) in [4.78, 5) is 24.2. The number of aliphatic hydroxyl groups excluding tert-OH is 2. The molecule has 2 N–H and O–H groups in total. The van der Waals surface area contributed by atoms with Crippen molar-refractivity contribution in [3.63, 3.8) is 0 Å². The van der Waals surface area contributed by atoms with Gasteiger partial charge in [0, 0.05) is 5.92 Å². The van der Waals surface area contributed by atoms with Crippen LogP contribution in [-0.4, -0.2) is 34.5 Å². The van der Waals surface area contributed by atoms with Gasteiger partial charge in [-0.15, -0.1) is 0 Å². The first-order valence-electron chi connectivity index (χ1n) is 9.88. The predicted molar refractivity (Wildman–Crippen MR) is 93.7 cm³/mol. The second kappa shape index (κ2) is 5.75. The third-order valence-corrected chi connectivity index (χ3v) is 8.54. The van der Waals surface area contributed by atoms with Crippen LogP contribution in [0.5, 0.6) is 0 Å². The number of rotatable bonds is 2. The molecule has 3 saturated carbocycles. The van der Waals surface area contributed by atoms with E-state index in [0.29, 0.717) is 24.2 Å². The second-order valence-electron chi connectivity index (χ2n) is 9.42. The summed E-state index contributed by atoms with van der Waals surface area (Å²) in [5, 5.41) is 19.6. The van der Waals surface area contributed by atoms with Gasteiger partial charge in [0.2, 0.25) is 0 Å². The van der Waals surface area contributed by atoms with Gasteiger partial charge in [-0.05, 0) is 79.6 Å². The molecule has 0 aromatic heterocycles. The van der Waals surface area contributed by atoms with E-state index in [-0.39, 0.29) is 34.9 Å². The Hall–Kier alpha value is -1.00. The minimum Gasteiger partial charge on any atom is -0.389 e. The number of hydrogen-bond donors (Lipinski definition) is 2. The van der Waals surface area contributed by atoms with E-state index in [2.05, 4.69) is 13.8 Å². The zero-order chi connectivity index (χ0) is 18.0. The Morgan fingerprint density at radius 2 is 1.96 bits per heavy atom. The van der Waals surface area contributed by atoms with Crippen molar-refractivity contribution in [2.24, 2.45) is 34.5 Å². The van der Waals surface area contributed by atoms with Gasteiger partial charge in [-0.1, -0.05) is 19.4 Å². The minimum absolute atomic E-state index is 0.00622. The third-order valence-electron chi connectivity index (χ3n) is 8.54. The zero-order valence-corrected chi connectivity index (χ0v) is 15.3. The molecule has 0 aliphatic heterocycles. The Labute approximate surface area is 149 Å². The van der Waals surface area contributed by atoms with Crippen LogP contribution in [0.2, 0.25) is 0 Å². The van der Waals surface area contributed by atoms with E-state index in [1.54, 1.807) is 6.08 Å². The van der Waals surface area contributed by atoms with Crippen molar-refractivity contribution in [1.29, 1.82) is 0 Å². The molecule has 4 aliphatic carbocycles. The van der Waals surface area contributed by atoms with Gasteiger partial charge in [-0.3, -0.25) is 9.59 Å². The van der Waals surface area contributed by atoms with E-state index < -0.39 is 6.10 Å². The van der Waals surface area contributed by atoms with E-state index in [9.17, 15) is 19.8 Å². The largest absolute Gasteiger partial charge is 0.389 e. The highest BCUT2D eigenvalue weighted by Gasteiger charge is 2.60. The van der Waals surface area contributed by atoms with E-state index in [1.807, 2.05) is 0 Å². The van der Waals surface area contributed by atoms with Crippen molar-refractivity contribution in [2.75, 3.05) is 6.61 Å². The summed E-state index contributed by atoms with van der Waals surface area (Å²) in [6, 6.07) is 0. The Kier molecular flexibility index (Phi) is 4.01. The average molecular weight is 346 g/mol. The number of Topliss-reactive ketones (excluding diaryl/α,β-unsaturated/α-hetero) is 1. The van der Waals surface area contributed by atoms with Gasteiger partial charge in [0.15, 0.2) is 11.6 Å². The van der Waals surface area contributed by atoms with Crippen LogP contribution in [0.15, 0.2) is 11.6 Å². The van der Waals surface area contributed by atoms with Crippen LogP contribution >= 0.6 is 0 Å². The van der Waals surface area contributed by atoms with Crippen molar-refractivity contribution >= 4 is 11.6 Å². The summed E-state index contributed by atoms with van der Waals surface area (Å²) < 4.78 is 0. The molecule has 4 heteroatoms. The van der Waals surface area contributed by atoms with Gasteiger partial charge in [0.25, 0.3) is 0 Å². The lowest BCUT2D eigenvalue weighted by atomic mass is 9.46. The molecule has 1 unspecified atom stereocenters. The molecule has 3 fully saturated rings. The monoisotopic (exact) mass is 346 g/mol. The van der Waals surface area contributed by atoms with Crippen molar-refractivity contribution in [1.82, 2.24) is 0 Å². The maximum absolute atomic E-state index is 12.3. The number of fused-ring (bicyclic) bond motifs is 5. The molecule has 0 bridgehead atoms. The van der Waals surface area contributed by atoms with Crippen LogP contribution in [0.25, 0.3) is 0 Å². The van der Waals surface area contributed by atoms with Crippen LogP contribution in [0.1, 0.15) is 58.8 Å². The topological polar surface area (TPSA) is 74.6 Å². The fourth-order valence-corrected chi connectivity index (χ4v) is 7.26. The lowest BCUT2D eigenvalue weighted by Crippen LogP contribution is -2.52. The lowest BCUT2D eigenvalue weighted by molar-refractivity contribution is -0.135. The fourth-order valence-electron chi connectivity index (χ4n) is 7.26. The normalized spacial score (nSPS) is 49.0. The molecule has 4 aliphatic rings. The van der Waals surface area contributed by atoms with Gasteiger partial charge < -0.3 is 10.2 Å². The molecule has 0 spiro atoms. The van der Waals surface area contributed by atoms with E-state index in [1.165, 1.54) is 5.57 Å². The number of carbonyl (C=O) groups is 2. The molecule has 0 radical (unpaired) electrons. The molecular weight excluding hydrogens is 316 g/mol. The van der Waals surface area contributed by atoms with Gasteiger partial charge >= 0.3 is 0 Å². The van der Waals surface area contributed by atoms with Crippen LogP contribution in [-0.2, 0) is 9.59 Å². The maximum atomic E-state index is 12.3. The Morgan fingerprint density at radius 1 is 1.20 bits per heavy atom. The molecule has 7 atom stereocenters. The number of carbonyl (C=O) groups excluding carboxylic acids is 2. The van der Waals surface area contributed by atoms with Gasteiger partial charge in [-0.2, -0.15) is 0 Å². The second-order valence-corrected chi connectivity index (χ2v) is 9.42. The van der Waals surface area contributed by atoms with E-state index in [4.69, 9.17) is 0 Å². The first-order chi connectivity index (χ1) is 11.8. The number of aliphatic hydroxyl groups is 2. The molecule has 138 valence electrons. The van der Waals surface area contributed by atoms with Crippen LogP contribution in [0.3, 0.4) is 0 Å². The molecule has 0 aromatic rings. The molecule has 4 nitrogen and oxygen atoms in total. The molecule has 0 amide bonds. The van der Waals surface area contributed by atoms with Crippen molar-refractivity contribution < 1.29 is 19.8 Å². The number of hydrogen-bond acceptors (Lipinski definition) is 4. The minimum atomic E-state index is -0.854. The van der Waals surface area contributed by atoms with Crippen LogP contribution in [0, 0.1) is 34.5 Å². The predicted octanol–water partition coefficient (Wildman–Crippen LogP) is 2.67. The third kappa shape index (κ3) is 2.33. The molecule has 0 aromatic carbocycles. The first-order valence-corrected chi connectivity index (χ1v) is 9.88. The summed E-state index contributed by atoms with van der Waals surface area (Å²) in [6.07, 6.45) is 7.52. The standard InChI is InChI=1S/C21H30O4/c1-20-8-7-15-13(14(20)5-6-16(20)19(25)11-22)4-3-12-9-17(23)18(24)10-21(12,15)2/h9,13-16,18,22,24H,3-8,10-11H2,1-2H3/t13-,14-,15-,16+,18?,20-,21-/m0/s1. The van der Waals surface area contributed by atoms with Crippen LogP contribution in [0.4, 0.5) is 0 Å². The highest BCUT2D eigenvalue weighted by Crippen LogP contribution is 2.66. The quantitative estimate of drug-likeness (QED) is 0.806. The van der Waals surface area contributed by atoms with Crippen LogP contribution < -0.4 is 0 Å². The van der Waals surface area contributed by atoms with Crippen molar-refractivity contribution in [3.05, 3.63) is 11.6 Å². The maximum Gasteiger partial charge on any atom is 0.184 e. The highest BCUT2D eigenvalue weighted by molar-refractivity contribution is 5.95. The summed E-state index contributed by atoms with van der Waals surface area (Å²) in [5.41, 5.74) is 1.19. The number of allylic oxidation sites excluding steroid dienone is 1. The summed E-state index contributed by atoms with van der Waals surface area (Å²) in [6.45, 7) is 4.19. The zero-order valence-electron chi connectivity index (χ0n) is 15.3. The Balaban J connectivity index is 1.65. The molecular formula is C21H30O4.